The molecule has 3 nitrogen and oxygen atoms in total. The summed E-state index contributed by atoms with van der Waals surface area (Å²) < 4.78 is 9.41. The molecule has 0 aliphatic carbocycles. The van der Waals surface area contributed by atoms with E-state index in [9.17, 15) is 0 Å². The summed E-state index contributed by atoms with van der Waals surface area (Å²) in [6.07, 6.45) is 0. The average molecular weight is 531 g/mol. The SMILES string of the molecule is c1ccc(N2c3cc(c4sc5ccccc5c4c3)N(c3ccccc3)c3cccc4c3oc3c2cccc34)cc1. The van der Waals surface area contributed by atoms with E-state index in [1.54, 1.807) is 0 Å². The molecule has 0 amide bonds. The Morgan fingerprint density at radius 1 is 0.425 bits per heavy atom. The van der Waals surface area contributed by atoms with E-state index in [1.165, 1.54) is 20.2 Å². The van der Waals surface area contributed by atoms with Gasteiger partial charge in [0.1, 0.15) is 0 Å². The van der Waals surface area contributed by atoms with Crippen LogP contribution in [0.25, 0.3) is 42.1 Å². The quantitative estimate of drug-likeness (QED) is 0.222. The molecular formula is C36H22N2OS. The fourth-order valence-electron chi connectivity index (χ4n) is 6.22. The van der Waals surface area contributed by atoms with Crippen molar-refractivity contribution >= 4 is 87.6 Å². The van der Waals surface area contributed by atoms with Gasteiger partial charge in [0.25, 0.3) is 0 Å². The van der Waals surface area contributed by atoms with E-state index < -0.39 is 0 Å². The second kappa shape index (κ2) is 8.22. The minimum Gasteiger partial charge on any atom is -0.452 e. The predicted octanol–water partition coefficient (Wildman–Crippen LogP) is 11.2. The Hall–Kier alpha value is -5.06. The Morgan fingerprint density at radius 3 is 1.70 bits per heavy atom. The van der Waals surface area contributed by atoms with Crippen molar-refractivity contribution in [3.8, 4) is 0 Å². The van der Waals surface area contributed by atoms with Crippen LogP contribution in [0.2, 0.25) is 0 Å². The number of hydrogen-bond acceptors (Lipinski definition) is 4. The van der Waals surface area contributed by atoms with Crippen LogP contribution >= 0.6 is 11.3 Å². The third kappa shape index (κ3) is 2.99. The van der Waals surface area contributed by atoms with Crippen molar-refractivity contribution in [2.24, 2.45) is 0 Å². The van der Waals surface area contributed by atoms with Gasteiger partial charge in [-0.1, -0.05) is 78.9 Å². The number of anilines is 6. The molecule has 1 aliphatic heterocycles. The fraction of sp³-hybridized carbons (Fsp3) is 0. The average Bonchev–Trinajstić information content (AvgIpc) is 3.58. The lowest BCUT2D eigenvalue weighted by Crippen LogP contribution is -2.14. The van der Waals surface area contributed by atoms with Crippen LogP contribution in [0, 0.1) is 0 Å². The fourth-order valence-corrected chi connectivity index (χ4v) is 7.41. The third-order valence-electron chi connectivity index (χ3n) is 7.94. The summed E-state index contributed by atoms with van der Waals surface area (Å²) in [7, 11) is 0. The molecule has 40 heavy (non-hydrogen) atoms. The summed E-state index contributed by atoms with van der Waals surface area (Å²) >= 11 is 1.85. The highest BCUT2D eigenvalue weighted by Crippen LogP contribution is 2.52. The van der Waals surface area contributed by atoms with E-state index in [0.29, 0.717) is 0 Å². The molecule has 0 atom stereocenters. The van der Waals surface area contributed by atoms with Crippen molar-refractivity contribution in [1.29, 1.82) is 0 Å². The van der Waals surface area contributed by atoms with Crippen molar-refractivity contribution in [1.82, 2.24) is 0 Å². The maximum atomic E-state index is 6.87. The molecule has 0 fully saturated rings. The summed E-state index contributed by atoms with van der Waals surface area (Å²) in [6.45, 7) is 0. The molecule has 0 radical (unpaired) electrons. The Labute approximate surface area is 234 Å². The minimum absolute atomic E-state index is 0.889. The Bertz CT molecular complexity index is 2230. The molecule has 4 bridgehead atoms. The van der Waals surface area contributed by atoms with Crippen molar-refractivity contribution in [2.45, 2.75) is 0 Å². The Kier molecular flexibility index (Phi) is 4.48. The smallest absolute Gasteiger partial charge is 0.159 e. The predicted molar refractivity (Wildman–Crippen MR) is 170 cm³/mol. The van der Waals surface area contributed by atoms with E-state index in [2.05, 4.69) is 143 Å². The maximum absolute atomic E-state index is 6.87. The first kappa shape index (κ1) is 21.8. The zero-order valence-corrected chi connectivity index (χ0v) is 22.2. The maximum Gasteiger partial charge on any atom is 0.159 e. The largest absolute Gasteiger partial charge is 0.452 e. The van der Waals surface area contributed by atoms with Crippen LogP contribution in [0.4, 0.5) is 34.1 Å². The van der Waals surface area contributed by atoms with E-state index in [4.69, 9.17) is 4.42 Å². The van der Waals surface area contributed by atoms with Gasteiger partial charge >= 0.3 is 0 Å². The lowest BCUT2D eigenvalue weighted by Gasteiger charge is -2.30. The highest BCUT2D eigenvalue weighted by molar-refractivity contribution is 7.26. The standard InChI is InChI=1S/C36H22N2OS/c1-3-11-23(12-4-1)37-25-21-29-26-15-7-8-20-33(26)40-36(29)32(22-25)38(24-13-5-2-6-14-24)31-19-10-17-28-27-16-9-18-30(37)34(27)39-35(28)31/h1-22H. The van der Waals surface area contributed by atoms with Gasteiger partial charge in [0.15, 0.2) is 11.2 Å². The zero-order chi connectivity index (χ0) is 26.2. The van der Waals surface area contributed by atoms with Gasteiger partial charge in [-0.15, -0.1) is 11.3 Å². The number of para-hydroxylation sites is 4. The van der Waals surface area contributed by atoms with Crippen LogP contribution < -0.4 is 9.80 Å². The van der Waals surface area contributed by atoms with Crippen LogP contribution in [0.15, 0.2) is 138 Å². The van der Waals surface area contributed by atoms with Crippen LogP contribution in [0.1, 0.15) is 0 Å². The Morgan fingerprint density at radius 2 is 1.00 bits per heavy atom. The van der Waals surface area contributed by atoms with Crippen molar-refractivity contribution < 1.29 is 4.42 Å². The summed E-state index contributed by atoms with van der Waals surface area (Å²) in [5.74, 6) is 0. The number of benzene rings is 6. The van der Waals surface area contributed by atoms with Crippen LogP contribution in [-0.2, 0) is 0 Å². The van der Waals surface area contributed by atoms with Gasteiger partial charge in [0.05, 0.1) is 21.8 Å². The highest BCUT2D eigenvalue weighted by atomic mass is 32.1. The second-order valence-corrected chi connectivity index (χ2v) is 11.2. The molecule has 2 aromatic heterocycles. The second-order valence-electron chi connectivity index (χ2n) is 10.2. The molecule has 8 aromatic rings. The molecule has 0 spiro atoms. The molecule has 1 aliphatic rings. The van der Waals surface area contributed by atoms with Crippen molar-refractivity contribution in [3.63, 3.8) is 0 Å². The molecule has 0 saturated carbocycles. The monoisotopic (exact) mass is 530 g/mol. The van der Waals surface area contributed by atoms with Crippen LogP contribution in [-0.4, -0.2) is 0 Å². The van der Waals surface area contributed by atoms with Gasteiger partial charge in [-0.25, -0.2) is 0 Å². The molecule has 0 N–H and O–H groups in total. The molecule has 0 unspecified atom stereocenters. The van der Waals surface area contributed by atoms with Crippen molar-refractivity contribution in [3.05, 3.63) is 133 Å². The van der Waals surface area contributed by atoms with E-state index in [1.807, 2.05) is 11.3 Å². The third-order valence-corrected chi connectivity index (χ3v) is 9.14. The molecule has 4 heteroatoms. The Balaban J connectivity index is 1.53. The molecular weight excluding hydrogens is 508 g/mol. The zero-order valence-electron chi connectivity index (χ0n) is 21.4. The lowest BCUT2D eigenvalue weighted by molar-refractivity contribution is 0.669. The molecule has 0 saturated heterocycles. The molecule has 188 valence electrons. The van der Waals surface area contributed by atoms with Gasteiger partial charge in [-0.05, 0) is 54.6 Å². The topological polar surface area (TPSA) is 19.6 Å². The number of furan rings is 1. The van der Waals surface area contributed by atoms with Gasteiger partial charge in [0.2, 0.25) is 0 Å². The molecule has 6 aromatic carbocycles. The molecule has 3 heterocycles. The van der Waals surface area contributed by atoms with Gasteiger partial charge in [0, 0.05) is 43.3 Å². The number of rotatable bonds is 2. The van der Waals surface area contributed by atoms with Crippen molar-refractivity contribution in [2.75, 3.05) is 9.80 Å². The van der Waals surface area contributed by atoms with Crippen LogP contribution in [0.3, 0.4) is 0 Å². The first-order valence-corrected chi connectivity index (χ1v) is 14.3. The lowest BCUT2D eigenvalue weighted by atomic mass is 10.1. The summed E-state index contributed by atoms with van der Waals surface area (Å²) in [6, 6.07) is 47.7. The number of fused-ring (bicyclic) bond motifs is 7. The first-order valence-electron chi connectivity index (χ1n) is 13.4. The minimum atomic E-state index is 0.889. The summed E-state index contributed by atoms with van der Waals surface area (Å²) in [5, 5.41) is 4.76. The summed E-state index contributed by atoms with van der Waals surface area (Å²) in [5.41, 5.74) is 8.27. The van der Waals surface area contributed by atoms with Gasteiger partial charge in [-0.3, -0.25) is 0 Å². The van der Waals surface area contributed by atoms with Crippen LogP contribution in [0.5, 0.6) is 0 Å². The highest BCUT2D eigenvalue weighted by Gasteiger charge is 2.28. The van der Waals surface area contributed by atoms with E-state index >= 15 is 0 Å². The number of hydrogen-bond donors (Lipinski definition) is 0. The molecule has 9 rings (SSSR count). The number of nitrogens with zero attached hydrogens (tertiary/aromatic N) is 2. The van der Waals surface area contributed by atoms with E-state index in [0.717, 1.165) is 56.1 Å². The summed E-state index contributed by atoms with van der Waals surface area (Å²) in [4.78, 5) is 4.72. The van der Waals surface area contributed by atoms with Gasteiger partial charge < -0.3 is 14.2 Å². The first-order chi connectivity index (χ1) is 19.8. The van der Waals surface area contributed by atoms with Gasteiger partial charge in [-0.2, -0.15) is 0 Å². The van der Waals surface area contributed by atoms with E-state index in [-0.39, 0.29) is 0 Å². The number of thiophene rings is 1. The normalized spacial score (nSPS) is 12.9.